The summed E-state index contributed by atoms with van der Waals surface area (Å²) in [6.45, 7) is 1.89. The number of nitro groups is 1. The minimum Gasteiger partial charge on any atom is -0.497 e. The summed E-state index contributed by atoms with van der Waals surface area (Å²) < 4.78 is 9.78. The molecular weight excluding hydrogens is 288 g/mol. The number of carbonyl (C=O) groups excluding carboxylic acids is 1. The molecule has 0 spiro atoms. The Morgan fingerprint density at radius 2 is 1.95 bits per heavy atom. The molecule has 2 rings (SSSR count). The Labute approximate surface area is 126 Å². The lowest BCUT2D eigenvalue weighted by atomic mass is 10.1. The van der Waals surface area contributed by atoms with Gasteiger partial charge in [0.2, 0.25) is 0 Å². The molecule has 0 aliphatic heterocycles. The van der Waals surface area contributed by atoms with Gasteiger partial charge in [-0.05, 0) is 36.8 Å². The molecule has 0 aliphatic carbocycles. The van der Waals surface area contributed by atoms with Gasteiger partial charge in [0.25, 0.3) is 0 Å². The Kier molecular flexibility index (Phi) is 4.36. The second kappa shape index (κ2) is 6.21. The van der Waals surface area contributed by atoms with Crippen molar-refractivity contribution in [1.29, 1.82) is 0 Å². The summed E-state index contributed by atoms with van der Waals surface area (Å²) in [5, 5.41) is 11.0. The van der Waals surface area contributed by atoms with Crippen LogP contribution in [0.15, 0.2) is 30.5 Å². The van der Waals surface area contributed by atoms with E-state index in [2.05, 4.69) is 9.72 Å². The maximum absolute atomic E-state index is 11.7. The number of hydrogen-bond donors (Lipinski definition) is 0. The number of carbonyl (C=O) groups is 1. The van der Waals surface area contributed by atoms with E-state index in [0.717, 1.165) is 11.8 Å². The van der Waals surface area contributed by atoms with Gasteiger partial charge in [-0.25, -0.2) is 9.78 Å². The number of ether oxygens (including phenoxy) is 2. The van der Waals surface area contributed by atoms with E-state index in [-0.39, 0.29) is 5.56 Å². The van der Waals surface area contributed by atoms with Gasteiger partial charge >= 0.3 is 11.7 Å². The lowest BCUT2D eigenvalue weighted by Crippen LogP contribution is -2.07. The van der Waals surface area contributed by atoms with Gasteiger partial charge in [0.15, 0.2) is 0 Å². The molecule has 0 N–H and O–H groups in total. The summed E-state index contributed by atoms with van der Waals surface area (Å²) in [5.74, 6) is -0.148. The highest BCUT2D eigenvalue weighted by molar-refractivity contribution is 5.94. The number of esters is 1. The summed E-state index contributed by atoms with van der Waals surface area (Å²) >= 11 is 0. The minimum atomic E-state index is -0.782. The number of aryl methyl sites for hydroxylation is 1. The molecule has 0 radical (unpaired) electrons. The van der Waals surface area contributed by atoms with Crippen LogP contribution in [0.4, 0.5) is 5.69 Å². The second-order valence-electron chi connectivity index (χ2n) is 4.57. The predicted molar refractivity (Wildman–Crippen MR) is 79.0 cm³/mol. The van der Waals surface area contributed by atoms with Crippen molar-refractivity contribution in [3.8, 4) is 17.0 Å². The lowest BCUT2D eigenvalue weighted by Gasteiger charge is -2.08. The van der Waals surface area contributed by atoms with Crippen molar-refractivity contribution in [2.45, 2.75) is 6.92 Å². The van der Waals surface area contributed by atoms with Gasteiger partial charge in [-0.3, -0.25) is 10.1 Å². The first-order valence-corrected chi connectivity index (χ1v) is 6.35. The Morgan fingerprint density at radius 1 is 1.23 bits per heavy atom. The van der Waals surface area contributed by atoms with Gasteiger partial charge in [0.1, 0.15) is 17.5 Å². The highest BCUT2D eigenvalue weighted by Crippen LogP contribution is 2.28. The molecule has 1 heterocycles. The first kappa shape index (κ1) is 15.4. The third-order valence-corrected chi connectivity index (χ3v) is 3.07. The number of aromatic nitrogens is 1. The van der Waals surface area contributed by atoms with Crippen LogP contribution < -0.4 is 4.74 Å². The number of benzene rings is 1. The van der Waals surface area contributed by atoms with Gasteiger partial charge in [0.05, 0.1) is 24.8 Å². The number of methoxy groups -OCH3 is 2. The summed E-state index contributed by atoms with van der Waals surface area (Å²) in [6, 6.07) is 6.77. The SMILES string of the molecule is COC(=O)c1cc(-c2cc(C)cc(OC)c2)ncc1[N+](=O)[O-]. The molecule has 7 nitrogen and oxygen atoms in total. The first-order chi connectivity index (χ1) is 10.5. The molecule has 7 heteroatoms. The maximum atomic E-state index is 11.7. The van der Waals surface area contributed by atoms with E-state index in [1.54, 1.807) is 13.2 Å². The Bertz CT molecular complexity index is 743. The molecule has 0 fully saturated rings. The fourth-order valence-corrected chi connectivity index (χ4v) is 2.04. The van der Waals surface area contributed by atoms with Gasteiger partial charge in [-0.1, -0.05) is 0 Å². The molecular formula is C15H14N2O5. The van der Waals surface area contributed by atoms with E-state index in [0.29, 0.717) is 17.0 Å². The highest BCUT2D eigenvalue weighted by atomic mass is 16.6. The second-order valence-corrected chi connectivity index (χ2v) is 4.57. The van der Waals surface area contributed by atoms with Gasteiger partial charge < -0.3 is 9.47 Å². The molecule has 1 aromatic heterocycles. The zero-order valence-electron chi connectivity index (χ0n) is 12.3. The van der Waals surface area contributed by atoms with Crippen LogP contribution in [0, 0.1) is 17.0 Å². The van der Waals surface area contributed by atoms with Crippen LogP contribution in [0.25, 0.3) is 11.3 Å². The van der Waals surface area contributed by atoms with E-state index in [1.807, 2.05) is 19.1 Å². The van der Waals surface area contributed by atoms with Crippen LogP contribution in [0.2, 0.25) is 0 Å². The predicted octanol–water partition coefficient (Wildman–Crippen LogP) is 2.76. The molecule has 0 saturated carbocycles. The molecule has 0 saturated heterocycles. The lowest BCUT2D eigenvalue weighted by molar-refractivity contribution is -0.385. The van der Waals surface area contributed by atoms with Gasteiger partial charge in [-0.2, -0.15) is 0 Å². The van der Waals surface area contributed by atoms with Crippen LogP contribution in [-0.4, -0.2) is 30.1 Å². The first-order valence-electron chi connectivity index (χ1n) is 6.35. The van der Waals surface area contributed by atoms with Crippen LogP contribution in [0.3, 0.4) is 0 Å². The summed E-state index contributed by atoms with van der Waals surface area (Å²) in [4.78, 5) is 26.1. The van der Waals surface area contributed by atoms with Crippen LogP contribution >= 0.6 is 0 Å². The maximum Gasteiger partial charge on any atom is 0.345 e. The van der Waals surface area contributed by atoms with Crippen LogP contribution in [-0.2, 0) is 4.74 Å². The van der Waals surface area contributed by atoms with Crippen molar-refractivity contribution in [2.75, 3.05) is 14.2 Å². The van der Waals surface area contributed by atoms with E-state index >= 15 is 0 Å². The van der Waals surface area contributed by atoms with Crippen molar-refractivity contribution < 1.29 is 19.2 Å². The van der Waals surface area contributed by atoms with Crippen molar-refractivity contribution in [3.05, 3.63) is 51.7 Å². The zero-order valence-corrected chi connectivity index (χ0v) is 12.3. The van der Waals surface area contributed by atoms with Gasteiger partial charge in [0, 0.05) is 5.56 Å². The monoisotopic (exact) mass is 302 g/mol. The van der Waals surface area contributed by atoms with E-state index in [1.165, 1.54) is 13.2 Å². The topological polar surface area (TPSA) is 91.6 Å². The summed E-state index contributed by atoms with van der Waals surface area (Å²) in [5.41, 5.74) is 1.52. The Hall–Kier alpha value is -2.96. The van der Waals surface area contributed by atoms with E-state index < -0.39 is 16.6 Å². The normalized spacial score (nSPS) is 10.1. The molecule has 2 aromatic rings. The van der Waals surface area contributed by atoms with E-state index in [9.17, 15) is 14.9 Å². The molecule has 1 aromatic carbocycles. The van der Waals surface area contributed by atoms with Crippen molar-refractivity contribution >= 4 is 11.7 Å². The smallest absolute Gasteiger partial charge is 0.345 e. The highest BCUT2D eigenvalue weighted by Gasteiger charge is 2.22. The number of nitrogens with zero attached hydrogens (tertiary/aromatic N) is 2. The molecule has 114 valence electrons. The minimum absolute atomic E-state index is 0.141. The van der Waals surface area contributed by atoms with Crippen molar-refractivity contribution in [3.63, 3.8) is 0 Å². The molecule has 0 atom stereocenters. The number of pyridine rings is 1. The molecule has 0 aliphatic rings. The molecule has 0 amide bonds. The third-order valence-electron chi connectivity index (χ3n) is 3.07. The van der Waals surface area contributed by atoms with Crippen molar-refractivity contribution in [1.82, 2.24) is 4.98 Å². The Balaban J connectivity index is 2.60. The van der Waals surface area contributed by atoms with Crippen LogP contribution in [0.5, 0.6) is 5.75 Å². The van der Waals surface area contributed by atoms with Crippen LogP contribution in [0.1, 0.15) is 15.9 Å². The number of rotatable bonds is 4. The fraction of sp³-hybridized carbons (Fsp3) is 0.200. The Morgan fingerprint density at radius 3 is 2.55 bits per heavy atom. The zero-order chi connectivity index (χ0) is 16.3. The van der Waals surface area contributed by atoms with Gasteiger partial charge in [-0.15, -0.1) is 0 Å². The summed E-state index contributed by atoms with van der Waals surface area (Å²) in [7, 11) is 2.71. The van der Waals surface area contributed by atoms with E-state index in [4.69, 9.17) is 4.74 Å². The quantitative estimate of drug-likeness (QED) is 0.490. The third kappa shape index (κ3) is 3.03. The average Bonchev–Trinajstić information content (AvgIpc) is 2.52. The van der Waals surface area contributed by atoms with Crippen molar-refractivity contribution in [2.24, 2.45) is 0 Å². The molecule has 0 bridgehead atoms. The fourth-order valence-electron chi connectivity index (χ4n) is 2.04. The largest absolute Gasteiger partial charge is 0.497 e. The number of hydrogen-bond acceptors (Lipinski definition) is 6. The average molecular weight is 302 g/mol. The molecule has 0 unspecified atom stereocenters. The molecule has 22 heavy (non-hydrogen) atoms. The summed E-state index contributed by atoms with van der Waals surface area (Å²) in [6.07, 6.45) is 1.05. The standard InChI is InChI=1S/C15H14N2O5/c1-9-4-10(6-11(5-9)21-2)13-7-12(15(18)22-3)14(8-16-13)17(19)20/h4-8H,1-3H3.